The maximum absolute atomic E-state index is 12.6. The maximum atomic E-state index is 12.6. The second-order valence-electron chi connectivity index (χ2n) is 4.27. The van der Waals surface area contributed by atoms with Crippen molar-refractivity contribution < 1.29 is 13.5 Å². The van der Waals surface area contributed by atoms with E-state index in [9.17, 15) is 8.78 Å². The zero-order valence-electron chi connectivity index (χ0n) is 9.65. The van der Waals surface area contributed by atoms with Crippen LogP contribution in [-0.2, 0) is 4.74 Å². The average Bonchev–Trinajstić information content (AvgIpc) is 2.17. The molecule has 0 rings (SSSR count). The van der Waals surface area contributed by atoms with Gasteiger partial charge in [-0.25, -0.2) is 8.78 Å². The van der Waals surface area contributed by atoms with Crippen molar-refractivity contribution in [3.8, 4) is 0 Å². The van der Waals surface area contributed by atoms with Crippen LogP contribution in [0.1, 0.15) is 40.0 Å². The fourth-order valence-corrected chi connectivity index (χ4v) is 1.61. The van der Waals surface area contributed by atoms with E-state index < -0.39 is 12.3 Å². The van der Waals surface area contributed by atoms with Crippen molar-refractivity contribution in [3.05, 3.63) is 0 Å². The summed E-state index contributed by atoms with van der Waals surface area (Å²) in [5, 5.41) is 0. The first kappa shape index (κ1) is 13.8. The molecular weight excluding hydrogens is 186 g/mol. The van der Waals surface area contributed by atoms with Crippen LogP contribution in [0, 0.1) is 11.3 Å². The summed E-state index contributed by atoms with van der Waals surface area (Å²) in [5.41, 5.74) is 0.0274. The lowest BCUT2D eigenvalue weighted by Crippen LogP contribution is -2.26. The summed E-state index contributed by atoms with van der Waals surface area (Å²) in [6.07, 6.45) is 0.158. The van der Waals surface area contributed by atoms with Gasteiger partial charge in [-0.05, 0) is 11.8 Å². The summed E-state index contributed by atoms with van der Waals surface area (Å²) in [4.78, 5) is 0. The van der Waals surface area contributed by atoms with Gasteiger partial charge in [-0.1, -0.05) is 33.6 Å². The Morgan fingerprint density at radius 2 is 1.71 bits per heavy atom. The molecule has 0 saturated heterocycles. The van der Waals surface area contributed by atoms with Crippen LogP contribution in [0.4, 0.5) is 8.78 Å². The van der Waals surface area contributed by atoms with E-state index in [0.717, 1.165) is 12.8 Å². The van der Waals surface area contributed by atoms with E-state index >= 15 is 0 Å². The zero-order valence-corrected chi connectivity index (χ0v) is 9.65. The van der Waals surface area contributed by atoms with Crippen molar-refractivity contribution in [1.29, 1.82) is 0 Å². The molecular formula is C11H22F2O. The Kier molecular flexibility index (Phi) is 6.25. The molecule has 0 heterocycles. The molecule has 0 aliphatic carbocycles. The van der Waals surface area contributed by atoms with Gasteiger partial charge in [-0.15, -0.1) is 0 Å². The molecule has 0 bridgehead atoms. The number of rotatable bonds is 7. The largest absolute Gasteiger partial charge is 0.384 e. The van der Waals surface area contributed by atoms with E-state index in [4.69, 9.17) is 4.74 Å². The van der Waals surface area contributed by atoms with Crippen LogP contribution in [-0.4, -0.2) is 20.1 Å². The van der Waals surface area contributed by atoms with Crippen molar-refractivity contribution in [1.82, 2.24) is 0 Å². The quantitative estimate of drug-likeness (QED) is 0.619. The fourth-order valence-electron chi connectivity index (χ4n) is 1.61. The number of hydrogen-bond acceptors (Lipinski definition) is 1. The first-order valence-electron chi connectivity index (χ1n) is 5.26. The number of alkyl halides is 2. The summed E-state index contributed by atoms with van der Waals surface area (Å²) in [6.45, 7) is 6.34. The summed E-state index contributed by atoms with van der Waals surface area (Å²) in [7, 11) is 1.48. The Morgan fingerprint density at radius 3 is 2.00 bits per heavy atom. The van der Waals surface area contributed by atoms with E-state index in [1.54, 1.807) is 0 Å². The SMILES string of the molecule is CCC(C)(CC)CC(COC)C(F)F. The Hall–Kier alpha value is -0.180. The standard InChI is InChI=1S/C11H22F2O/c1-5-11(3,6-2)7-9(8-14-4)10(12)13/h9-10H,5-8H2,1-4H3. The molecule has 1 unspecified atom stereocenters. The minimum atomic E-state index is -2.27. The highest BCUT2D eigenvalue weighted by Gasteiger charge is 2.29. The molecule has 14 heavy (non-hydrogen) atoms. The molecule has 0 aromatic rings. The van der Waals surface area contributed by atoms with Gasteiger partial charge in [0, 0.05) is 13.0 Å². The molecule has 0 spiro atoms. The molecule has 1 atom stereocenters. The van der Waals surface area contributed by atoms with Crippen molar-refractivity contribution in [2.45, 2.75) is 46.5 Å². The van der Waals surface area contributed by atoms with Crippen molar-refractivity contribution >= 4 is 0 Å². The Labute approximate surface area is 85.8 Å². The van der Waals surface area contributed by atoms with Crippen LogP contribution in [0.25, 0.3) is 0 Å². The normalized spacial score (nSPS) is 14.8. The lowest BCUT2D eigenvalue weighted by atomic mass is 9.77. The summed E-state index contributed by atoms with van der Waals surface area (Å²) >= 11 is 0. The van der Waals surface area contributed by atoms with Crippen molar-refractivity contribution in [3.63, 3.8) is 0 Å². The van der Waals surface area contributed by atoms with E-state index in [0.29, 0.717) is 6.42 Å². The molecule has 0 aromatic heterocycles. The van der Waals surface area contributed by atoms with Gasteiger partial charge in [0.25, 0.3) is 0 Å². The molecule has 3 heteroatoms. The number of ether oxygens (including phenoxy) is 1. The molecule has 0 radical (unpaired) electrons. The molecule has 0 aliphatic rings. The first-order chi connectivity index (χ1) is 6.49. The lowest BCUT2D eigenvalue weighted by Gasteiger charge is -2.30. The Morgan fingerprint density at radius 1 is 1.21 bits per heavy atom. The highest BCUT2D eigenvalue weighted by Crippen LogP contribution is 2.35. The molecule has 0 fully saturated rings. The van der Waals surface area contributed by atoms with Crippen LogP contribution in [0.5, 0.6) is 0 Å². The third kappa shape index (κ3) is 4.36. The van der Waals surface area contributed by atoms with Gasteiger partial charge in [0.05, 0.1) is 6.61 Å². The Bertz CT molecular complexity index is 144. The second-order valence-corrected chi connectivity index (χ2v) is 4.27. The van der Waals surface area contributed by atoms with Gasteiger partial charge in [0.15, 0.2) is 0 Å². The molecule has 0 aromatic carbocycles. The second kappa shape index (κ2) is 6.33. The average molecular weight is 208 g/mol. The van der Waals surface area contributed by atoms with Gasteiger partial charge in [0.2, 0.25) is 6.43 Å². The van der Waals surface area contributed by atoms with E-state index in [1.165, 1.54) is 7.11 Å². The number of halogens is 2. The predicted octanol–water partition coefficient (Wildman–Crippen LogP) is 3.73. The summed E-state index contributed by atoms with van der Waals surface area (Å²) in [6, 6.07) is 0. The molecule has 0 aliphatic heterocycles. The minimum absolute atomic E-state index is 0.0274. The van der Waals surface area contributed by atoms with Crippen LogP contribution in [0.2, 0.25) is 0 Å². The minimum Gasteiger partial charge on any atom is -0.384 e. The summed E-state index contributed by atoms with van der Waals surface area (Å²) < 4.78 is 30.0. The maximum Gasteiger partial charge on any atom is 0.243 e. The highest BCUT2D eigenvalue weighted by molar-refractivity contribution is 4.76. The highest BCUT2D eigenvalue weighted by atomic mass is 19.3. The van der Waals surface area contributed by atoms with Crippen LogP contribution in [0.3, 0.4) is 0 Å². The third-order valence-corrected chi connectivity index (χ3v) is 3.20. The van der Waals surface area contributed by atoms with Crippen LogP contribution < -0.4 is 0 Å². The Balaban J connectivity index is 4.25. The van der Waals surface area contributed by atoms with Gasteiger partial charge < -0.3 is 4.74 Å². The van der Waals surface area contributed by atoms with Gasteiger partial charge >= 0.3 is 0 Å². The fraction of sp³-hybridized carbons (Fsp3) is 1.00. The smallest absolute Gasteiger partial charge is 0.243 e. The topological polar surface area (TPSA) is 9.23 Å². The summed E-state index contributed by atoms with van der Waals surface area (Å²) in [5.74, 6) is -0.620. The van der Waals surface area contributed by atoms with Crippen LogP contribution in [0.15, 0.2) is 0 Å². The van der Waals surface area contributed by atoms with Crippen molar-refractivity contribution in [2.75, 3.05) is 13.7 Å². The van der Waals surface area contributed by atoms with E-state index in [-0.39, 0.29) is 12.0 Å². The third-order valence-electron chi connectivity index (χ3n) is 3.20. The van der Waals surface area contributed by atoms with E-state index in [2.05, 4.69) is 20.8 Å². The molecule has 0 N–H and O–H groups in total. The number of methoxy groups -OCH3 is 1. The molecule has 1 nitrogen and oxygen atoms in total. The lowest BCUT2D eigenvalue weighted by molar-refractivity contribution is -0.000551. The monoisotopic (exact) mass is 208 g/mol. The van der Waals surface area contributed by atoms with Gasteiger partial charge in [-0.3, -0.25) is 0 Å². The predicted molar refractivity (Wildman–Crippen MR) is 54.7 cm³/mol. The number of hydrogen-bond donors (Lipinski definition) is 0. The molecule has 0 saturated carbocycles. The van der Waals surface area contributed by atoms with E-state index in [1.807, 2.05) is 0 Å². The first-order valence-corrected chi connectivity index (χ1v) is 5.26. The van der Waals surface area contributed by atoms with Gasteiger partial charge in [-0.2, -0.15) is 0 Å². The van der Waals surface area contributed by atoms with Crippen LogP contribution >= 0.6 is 0 Å². The molecule has 0 amide bonds. The molecule has 86 valence electrons. The van der Waals surface area contributed by atoms with Crippen molar-refractivity contribution in [2.24, 2.45) is 11.3 Å². The zero-order chi connectivity index (χ0) is 11.2. The van der Waals surface area contributed by atoms with Gasteiger partial charge in [0.1, 0.15) is 0 Å².